The molecule has 0 N–H and O–H groups in total. The van der Waals surface area contributed by atoms with E-state index in [9.17, 15) is 19.5 Å². The molecule has 0 radical (unpaired) electrons. The molecule has 0 aromatic carbocycles. The van der Waals surface area contributed by atoms with Gasteiger partial charge in [-0.05, 0) is 51.4 Å². The van der Waals surface area contributed by atoms with Crippen molar-refractivity contribution in [1.29, 1.82) is 0 Å². The van der Waals surface area contributed by atoms with E-state index < -0.39 is 18.1 Å². The van der Waals surface area contributed by atoms with Gasteiger partial charge in [0.25, 0.3) is 0 Å². The smallest absolute Gasteiger partial charge is 0.306 e. The number of carbonyl (C=O) groups excluding carboxylic acids is 3. The lowest BCUT2D eigenvalue weighted by atomic mass is 10.0. The lowest BCUT2D eigenvalue weighted by Gasteiger charge is -2.34. The Labute approximate surface area is 368 Å². The van der Waals surface area contributed by atoms with Gasteiger partial charge >= 0.3 is 11.9 Å². The fraction of sp³-hybridized carbons (Fsp3) is 0.712. The van der Waals surface area contributed by atoms with Crippen LogP contribution < -0.4 is 5.11 Å². The average molecular weight is 840 g/mol. The Bertz CT molecular complexity index is 1210. The van der Waals surface area contributed by atoms with Gasteiger partial charge in [-0.25, -0.2) is 0 Å². The highest BCUT2D eigenvalue weighted by Crippen LogP contribution is 2.15. The Morgan fingerprint density at radius 3 is 1.35 bits per heavy atom. The minimum absolute atomic E-state index is 0.0160. The molecule has 2 atom stereocenters. The van der Waals surface area contributed by atoms with E-state index in [1.54, 1.807) is 21.1 Å². The van der Waals surface area contributed by atoms with Crippen molar-refractivity contribution in [1.82, 2.24) is 0 Å². The van der Waals surface area contributed by atoms with Crippen LogP contribution in [0, 0.1) is 0 Å². The Balaban J connectivity index is 4.41. The fourth-order valence-corrected chi connectivity index (χ4v) is 6.69. The molecule has 0 saturated heterocycles. The molecule has 0 amide bonds. The Morgan fingerprint density at radius 1 is 0.517 bits per heavy atom. The molecule has 60 heavy (non-hydrogen) atoms. The third-order valence-electron chi connectivity index (χ3n) is 10.4. The second kappa shape index (κ2) is 42.5. The van der Waals surface area contributed by atoms with Crippen molar-refractivity contribution < 1.29 is 38.2 Å². The molecule has 8 heteroatoms. The van der Waals surface area contributed by atoms with Crippen LogP contribution >= 0.6 is 0 Å². The highest BCUT2D eigenvalue weighted by molar-refractivity contribution is 5.70. The van der Waals surface area contributed by atoms with Gasteiger partial charge in [0.15, 0.2) is 6.10 Å². The standard InChI is InChI=1S/C52H89NO7/c1-6-8-10-12-14-16-18-20-22-24-25-27-28-30-32-34-36-38-40-42-50(54)59-47-48(46-58-45-44-49(52(56)57)53(3,4)5)60-51(55)43-41-39-37-35-33-31-29-26-23-21-19-17-15-13-11-9-7-2/h8,10,14,16,20,22,25,27,30,32,36,38,48-49H,6-7,9,11-13,15,17-19,21,23-24,26,28-29,31,33-35,37,39-47H2,1-5H3/b10-8+,16-14+,22-20+,27-25+,32-30+,38-36+. The molecule has 0 rings (SSSR count). The SMILES string of the molecule is CC/C=C/C/C=C/C/C=C/C/C=C/C/C=C/C/C=C/CCC(=O)OCC(COCCC(C(=O)[O-])[N+](C)(C)C)OC(=O)CCCCCCCCCCCCCCCCCCC. The first kappa shape index (κ1) is 56.8. The second-order valence-electron chi connectivity index (χ2n) is 17.0. The maximum atomic E-state index is 12.7. The predicted molar refractivity (Wildman–Crippen MR) is 249 cm³/mol. The van der Waals surface area contributed by atoms with Gasteiger partial charge in [0, 0.05) is 19.3 Å². The number of nitrogens with zero attached hydrogens (tertiary/aromatic N) is 1. The first-order valence-corrected chi connectivity index (χ1v) is 24.0. The fourth-order valence-electron chi connectivity index (χ4n) is 6.69. The number of unbranched alkanes of at least 4 members (excludes halogenated alkanes) is 16. The summed E-state index contributed by atoms with van der Waals surface area (Å²) in [6.07, 6.45) is 53.7. The lowest BCUT2D eigenvalue weighted by molar-refractivity contribution is -0.889. The number of carbonyl (C=O) groups is 3. The van der Waals surface area contributed by atoms with Crippen LogP contribution in [-0.4, -0.2) is 75.5 Å². The second-order valence-corrected chi connectivity index (χ2v) is 17.0. The largest absolute Gasteiger partial charge is 0.544 e. The topological polar surface area (TPSA) is 102 Å². The van der Waals surface area contributed by atoms with Crippen molar-refractivity contribution in [3.63, 3.8) is 0 Å². The minimum Gasteiger partial charge on any atom is -0.544 e. The summed E-state index contributed by atoms with van der Waals surface area (Å²) in [5.74, 6) is -1.84. The Morgan fingerprint density at radius 2 is 0.933 bits per heavy atom. The van der Waals surface area contributed by atoms with Gasteiger partial charge < -0.3 is 28.6 Å². The third kappa shape index (κ3) is 40.2. The number of hydrogen-bond acceptors (Lipinski definition) is 7. The van der Waals surface area contributed by atoms with Crippen molar-refractivity contribution in [2.24, 2.45) is 0 Å². The van der Waals surface area contributed by atoms with Crippen LogP contribution in [0.25, 0.3) is 0 Å². The van der Waals surface area contributed by atoms with Crippen LogP contribution in [0.5, 0.6) is 0 Å². The molecule has 0 aliphatic carbocycles. The molecular weight excluding hydrogens is 751 g/mol. The first-order chi connectivity index (χ1) is 29.1. The predicted octanol–water partition coefficient (Wildman–Crippen LogP) is 12.2. The monoisotopic (exact) mass is 840 g/mol. The molecule has 0 aromatic rings. The zero-order valence-corrected chi connectivity index (χ0v) is 39.1. The van der Waals surface area contributed by atoms with E-state index in [2.05, 4.69) is 74.6 Å². The van der Waals surface area contributed by atoms with Crippen LogP contribution in [0.15, 0.2) is 72.9 Å². The number of aliphatic carboxylic acids is 1. The molecule has 344 valence electrons. The van der Waals surface area contributed by atoms with Gasteiger partial charge in [-0.2, -0.15) is 0 Å². The molecule has 0 saturated carbocycles. The van der Waals surface area contributed by atoms with Crippen molar-refractivity contribution >= 4 is 17.9 Å². The van der Waals surface area contributed by atoms with Gasteiger partial charge in [-0.3, -0.25) is 9.59 Å². The molecule has 8 nitrogen and oxygen atoms in total. The molecule has 0 aliphatic heterocycles. The number of rotatable bonds is 42. The number of carboxylic acids is 1. The summed E-state index contributed by atoms with van der Waals surface area (Å²) in [6, 6.07) is -0.738. The first-order valence-electron chi connectivity index (χ1n) is 24.0. The highest BCUT2D eigenvalue weighted by atomic mass is 16.6. The zero-order chi connectivity index (χ0) is 44.2. The molecule has 0 aliphatic rings. The lowest BCUT2D eigenvalue weighted by Crippen LogP contribution is -2.55. The molecule has 0 fully saturated rings. The normalized spacial score (nSPS) is 13.6. The summed E-state index contributed by atoms with van der Waals surface area (Å²) >= 11 is 0. The zero-order valence-electron chi connectivity index (χ0n) is 39.1. The number of esters is 2. The summed E-state index contributed by atoms with van der Waals surface area (Å²) in [5.41, 5.74) is 0. The third-order valence-corrected chi connectivity index (χ3v) is 10.4. The molecule has 0 bridgehead atoms. The molecular formula is C52H89NO7. The van der Waals surface area contributed by atoms with Crippen LogP contribution in [0.2, 0.25) is 0 Å². The highest BCUT2D eigenvalue weighted by Gasteiger charge is 2.25. The van der Waals surface area contributed by atoms with E-state index in [-0.39, 0.29) is 49.1 Å². The summed E-state index contributed by atoms with van der Waals surface area (Å²) in [7, 11) is 5.39. The van der Waals surface area contributed by atoms with Crippen LogP contribution in [0.1, 0.15) is 187 Å². The van der Waals surface area contributed by atoms with E-state index in [4.69, 9.17) is 14.2 Å². The Kier molecular flexibility index (Phi) is 40.2. The van der Waals surface area contributed by atoms with Crippen molar-refractivity contribution in [3.05, 3.63) is 72.9 Å². The summed E-state index contributed by atoms with van der Waals surface area (Å²) < 4.78 is 17.1. The number of allylic oxidation sites excluding steroid dienone is 12. The van der Waals surface area contributed by atoms with Gasteiger partial charge in [-0.15, -0.1) is 0 Å². The molecule has 2 unspecified atom stereocenters. The number of hydrogen-bond donors (Lipinski definition) is 0. The number of carboxylic acid groups (broad SMARTS) is 1. The molecule has 0 heterocycles. The van der Waals surface area contributed by atoms with Gasteiger partial charge in [0.1, 0.15) is 12.6 Å². The van der Waals surface area contributed by atoms with Crippen LogP contribution in [0.3, 0.4) is 0 Å². The van der Waals surface area contributed by atoms with Crippen LogP contribution in [0.4, 0.5) is 0 Å². The Hall–Kier alpha value is -3.23. The number of likely N-dealkylation sites (N-methyl/N-ethyl adjacent to an activating group) is 1. The van der Waals surface area contributed by atoms with E-state index in [1.165, 1.54) is 89.9 Å². The summed E-state index contributed by atoms with van der Waals surface area (Å²) in [6.45, 7) is 4.48. The van der Waals surface area contributed by atoms with Crippen LogP contribution in [-0.2, 0) is 28.6 Å². The van der Waals surface area contributed by atoms with Gasteiger partial charge in [0.05, 0.1) is 40.3 Å². The van der Waals surface area contributed by atoms with Crippen molar-refractivity contribution in [2.45, 2.75) is 199 Å². The minimum atomic E-state index is -1.14. The quantitative estimate of drug-likeness (QED) is 0.0261. The van der Waals surface area contributed by atoms with E-state index in [1.807, 2.05) is 12.2 Å². The van der Waals surface area contributed by atoms with E-state index in [0.717, 1.165) is 57.8 Å². The number of ether oxygens (including phenoxy) is 3. The van der Waals surface area contributed by atoms with Gasteiger partial charge in [-0.1, -0.05) is 189 Å². The maximum Gasteiger partial charge on any atom is 0.306 e. The molecule has 0 spiro atoms. The van der Waals surface area contributed by atoms with E-state index in [0.29, 0.717) is 12.8 Å². The van der Waals surface area contributed by atoms with Crippen molar-refractivity contribution in [2.75, 3.05) is 41.0 Å². The van der Waals surface area contributed by atoms with E-state index >= 15 is 0 Å². The summed E-state index contributed by atoms with van der Waals surface area (Å²) in [5, 5.41) is 11.6. The average Bonchev–Trinajstić information content (AvgIpc) is 3.21. The van der Waals surface area contributed by atoms with Crippen molar-refractivity contribution in [3.8, 4) is 0 Å². The van der Waals surface area contributed by atoms with Gasteiger partial charge in [0.2, 0.25) is 0 Å². The summed E-state index contributed by atoms with van der Waals surface area (Å²) in [4.78, 5) is 36.9. The molecule has 0 aromatic heterocycles. The number of quaternary nitrogens is 1. The maximum absolute atomic E-state index is 12.7.